The Hall–Kier alpha value is 1.02. The SMILES string of the molecule is CC(C)(C)Cc1cnc[n-]1.[Rb+]. The summed E-state index contributed by atoms with van der Waals surface area (Å²) in [5.41, 5.74) is 1.41. The predicted molar refractivity (Wildman–Crippen MR) is 40.7 cm³/mol. The van der Waals surface area contributed by atoms with Crippen molar-refractivity contribution in [3.05, 3.63) is 18.2 Å². The number of hydrogen-bond acceptors (Lipinski definition) is 1. The van der Waals surface area contributed by atoms with Crippen molar-refractivity contribution in [2.24, 2.45) is 5.41 Å². The van der Waals surface area contributed by atoms with Gasteiger partial charge in [0.25, 0.3) is 0 Å². The van der Waals surface area contributed by atoms with Gasteiger partial charge in [0, 0.05) is 0 Å². The molecule has 0 saturated carbocycles. The van der Waals surface area contributed by atoms with Gasteiger partial charge in [-0.15, -0.1) is 0 Å². The smallest absolute Gasteiger partial charge is 0.450 e. The van der Waals surface area contributed by atoms with Crippen molar-refractivity contribution in [1.29, 1.82) is 0 Å². The molecule has 0 fully saturated rings. The van der Waals surface area contributed by atoms with Crippen LogP contribution in [0.3, 0.4) is 0 Å². The summed E-state index contributed by atoms with van der Waals surface area (Å²) in [6.45, 7) is 6.59. The van der Waals surface area contributed by atoms with Gasteiger partial charge in [0.05, 0.1) is 0 Å². The van der Waals surface area contributed by atoms with Crippen LogP contribution in [0.4, 0.5) is 0 Å². The first kappa shape index (κ1) is 12.0. The summed E-state index contributed by atoms with van der Waals surface area (Å²) in [7, 11) is 0. The van der Waals surface area contributed by atoms with E-state index in [4.69, 9.17) is 0 Å². The first-order valence-corrected chi connectivity index (χ1v) is 3.49. The normalized spacial score (nSPS) is 10.8. The zero-order valence-corrected chi connectivity index (χ0v) is 12.7. The predicted octanol–water partition coefficient (Wildman–Crippen LogP) is -1.37. The van der Waals surface area contributed by atoms with Gasteiger partial charge in [0.15, 0.2) is 0 Å². The largest absolute Gasteiger partial charge is 1.00 e. The van der Waals surface area contributed by atoms with E-state index in [1.54, 1.807) is 6.33 Å². The molecule has 2 nitrogen and oxygen atoms in total. The van der Waals surface area contributed by atoms with Gasteiger partial charge < -0.3 is 9.97 Å². The summed E-state index contributed by atoms with van der Waals surface area (Å²) in [5.74, 6) is 0. The van der Waals surface area contributed by atoms with Gasteiger partial charge in [0.2, 0.25) is 0 Å². The maximum absolute atomic E-state index is 4.09. The quantitative estimate of drug-likeness (QED) is 0.587. The minimum Gasteiger partial charge on any atom is -0.450 e. The van der Waals surface area contributed by atoms with Gasteiger partial charge in [-0.2, -0.15) is 0 Å². The summed E-state index contributed by atoms with van der Waals surface area (Å²) in [6, 6.07) is 0. The number of imidazole rings is 1. The number of aromatic nitrogens is 2. The molecule has 3 heteroatoms. The molecule has 0 aliphatic carbocycles. The standard InChI is InChI=1S/C8H13N2.Rb/c1-8(2,3)4-7-5-9-6-10-7;/h5-6H,4H2,1-3H3;/q-1;+1. The minimum atomic E-state index is 0. The van der Waals surface area contributed by atoms with Crippen molar-refractivity contribution in [3.8, 4) is 0 Å². The van der Waals surface area contributed by atoms with Crippen LogP contribution < -0.4 is 63.2 Å². The second-order valence-electron chi connectivity index (χ2n) is 3.75. The summed E-state index contributed by atoms with van der Waals surface area (Å²) in [4.78, 5) is 7.99. The molecule has 0 unspecified atom stereocenters. The molecule has 0 atom stereocenters. The molecule has 0 aromatic carbocycles. The molecule has 1 aromatic heterocycles. The summed E-state index contributed by atoms with van der Waals surface area (Å²) in [6.07, 6.45) is 4.43. The average Bonchev–Trinajstić information content (AvgIpc) is 2.12. The first-order valence-electron chi connectivity index (χ1n) is 3.49. The van der Waals surface area contributed by atoms with E-state index in [9.17, 15) is 0 Å². The third kappa shape index (κ3) is 5.28. The Morgan fingerprint density at radius 2 is 2.09 bits per heavy atom. The fraction of sp³-hybridized carbons (Fsp3) is 0.625. The number of hydrogen-bond donors (Lipinski definition) is 0. The third-order valence-electron chi connectivity index (χ3n) is 1.23. The van der Waals surface area contributed by atoms with Crippen molar-refractivity contribution in [3.63, 3.8) is 0 Å². The van der Waals surface area contributed by atoms with Crippen LogP contribution in [0.1, 0.15) is 26.5 Å². The van der Waals surface area contributed by atoms with E-state index >= 15 is 0 Å². The molecule has 0 saturated heterocycles. The number of rotatable bonds is 1. The molecule has 0 aliphatic heterocycles. The van der Waals surface area contributed by atoms with Crippen LogP contribution in [0.2, 0.25) is 0 Å². The summed E-state index contributed by atoms with van der Waals surface area (Å²) < 4.78 is 0. The van der Waals surface area contributed by atoms with Crippen LogP contribution in [0.5, 0.6) is 0 Å². The van der Waals surface area contributed by atoms with E-state index in [1.165, 1.54) is 0 Å². The fourth-order valence-electron chi connectivity index (χ4n) is 0.895. The molecule has 0 N–H and O–H groups in total. The first-order chi connectivity index (χ1) is 4.58. The maximum Gasteiger partial charge on any atom is 1.00 e. The van der Waals surface area contributed by atoms with Gasteiger partial charge in [-0.3, -0.25) is 0 Å². The molecule has 0 spiro atoms. The molecule has 0 radical (unpaired) electrons. The Balaban J connectivity index is 0.000001000. The molecule has 56 valence electrons. The van der Waals surface area contributed by atoms with Crippen molar-refractivity contribution >= 4 is 0 Å². The van der Waals surface area contributed by atoms with Crippen LogP contribution >= 0.6 is 0 Å². The number of nitrogens with zero attached hydrogens (tertiary/aromatic N) is 2. The topological polar surface area (TPSA) is 27.0 Å². The Bertz CT molecular complexity index is 186. The molecular weight excluding hydrogens is 210 g/mol. The molecular formula is C8H13N2Rb. The van der Waals surface area contributed by atoms with Crippen LogP contribution in [-0.2, 0) is 6.42 Å². The Morgan fingerprint density at radius 3 is 2.45 bits per heavy atom. The average molecular weight is 223 g/mol. The molecule has 0 bridgehead atoms. The summed E-state index contributed by atoms with van der Waals surface area (Å²) >= 11 is 0. The molecule has 1 rings (SSSR count). The van der Waals surface area contributed by atoms with E-state index < -0.39 is 0 Å². The van der Waals surface area contributed by atoms with Crippen molar-refractivity contribution in [2.75, 3.05) is 0 Å². The molecule has 11 heavy (non-hydrogen) atoms. The molecule has 1 aromatic rings. The van der Waals surface area contributed by atoms with Gasteiger partial charge >= 0.3 is 58.2 Å². The van der Waals surface area contributed by atoms with Crippen LogP contribution in [0, 0.1) is 5.41 Å². The van der Waals surface area contributed by atoms with Gasteiger partial charge in [-0.25, -0.2) is 0 Å². The fourth-order valence-corrected chi connectivity index (χ4v) is 0.895. The Kier molecular flexibility index (Phi) is 5.35. The van der Waals surface area contributed by atoms with Crippen molar-refractivity contribution in [1.82, 2.24) is 9.97 Å². The van der Waals surface area contributed by atoms with Crippen LogP contribution in [0.25, 0.3) is 0 Å². The molecule has 0 amide bonds. The zero-order valence-electron chi connectivity index (χ0n) is 7.76. The van der Waals surface area contributed by atoms with E-state index in [0.717, 1.165) is 12.1 Å². The van der Waals surface area contributed by atoms with Gasteiger partial charge in [-0.1, -0.05) is 39.0 Å². The monoisotopic (exact) mass is 222 g/mol. The van der Waals surface area contributed by atoms with E-state index in [1.807, 2.05) is 6.20 Å². The van der Waals surface area contributed by atoms with Crippen molar-refractivity contribution in [2.45, 2.75) is 27.2 Å². The van der Waals surface area contributed by atoms with Crippen molar-refractivity contribution < 1.29 is 58.2 Å². The Morgan fingerprint density at radius 1 is 1.45 bits per heavy atom. The Labute approximate surface area is 117 Å². The maximum atomic E-state index is 4.09. The molecule has 1 heterocycles. The minimum absolute atomic E-state index is 0. The third-order valence-corrected chi connectivity index (χ3v) is 1.23. The van der Waals surface area contributed by atoms with Gasteiger partial charge in [0.1, 0.15) is 0 Å². The zero-order chi connectivity index (χ0) is 7.61. The summed E-state index contributed by atoms with van der Waals surface area (Å²) in [5, 5.41) is 0. The second kappa shape index (κ2) is 4.90. The molecule has 0 aliphatic rings. The van der Waals surface area contributed by atoms with Crippen LogP contribution in [0.15, 0.2) is 12.5 Å². The van der Waals surface area contributed by atoms with E-state index in [-0.39, 0.29) is 58.2 Å². The van der Waals surface area contributed by atoms with Gasteiger partial charge in [-0.05, 0) is 11.8 Å². The second-order valence-corrected chi connectivity index (χ2v) is 3.75. The van der Waals surface area contributed by atoms with E-state index in [2.05, 4.69) is 30.7 Å². The van der Waals surface area contributed by atoms with Crippen LogP contribution in [-0.4, -0.2) is 4.98 Å². The van der Waals surface area contributed by atoms with E-state index in [0.29, 0.717) is 5.41 Å².